The van der Waals surface area contributed by atoms with Crippen LogP contribution in [0.1, 0.15) is 30.1 Å². The fourth-order valence-electron chi connectivity index (χ4n) is 1.65. The Bertz CT molecular complexity index is 554. The Labute approximate surface area is 127 Å². The Morgan fingerprint density at radius 3 is 2.67 bits per heavy atom. The van der Waals surface area contributed by atoms with E-state index >= 15 is 0 Å². The normalized spacial score (nSPS) is 13.6. The smallest absolute Gasteiger partial charge is 0.339 e. The minimum atomic E-state index is -0.549. The van der Waals surface area contributed by atoms with Crippen LogP contribution >= 0.6 is 11.8 Å². The average molecular weight is 307 g/mol. The first-order valence-corrected chi connectivity index (χ1v) is 7.72. The first-order chi connectivity index (χ1) is 10.1. The van der Waals surface area contributed by atoms with Crippen LogP contribution in [0.2, 0.25) is 0 Å². The van der Waals surface area contributed by atoms with Crippen LogP contribution in [0.5, 0.6) is 0 Å². The van der Waals surface area contributed by atoms with Crippen molar-refractivity contribution >= 4 is 29.4 Å². The predicted molar refractivity (Wildman–Crippen MR) is 79.3 cm³/mol. The molecule has 0 bridgehead atoms. The molecule has 0 spiro atoms. The highest BCUT2D eigenvalue weighted by atomic mass is 32.2. The van der Waals surface area contributed by atoms with Gasteiger partial charge in [-0.15, -0.1) is 11.8 Å². The zero-order valence-corrected chi connectivity index (χ0v) is 12.6. The summed E-state index contributed by atoms with van der Waals surface area (Å²) < 4.78 is 5.02. The highest BCUT2D eigenvalue weighted by molar-refractivity contribution is 8.00. The van der Waals surface area contributed by atoms with Crippen LogP contribution in [0, 0.1) is 0 Å². The minimum Gasteiger partial charge on any atom is -0.452 e. The molecule has 1 aliphatic carbocycles. The molecular formula is C15H17NO4S. The van der Waals surface area contributed by atoms with Crippen molar-refractivity contribution in [3.8, 4) is 0 Å². The van der Waals surface area contributed by atoms with E-state index in [1.165, 1.54) is 18.7 Å². The third-order valence-electron chi connectivity index (χ3n) is 2.81. The molecule has 21 heavy (non-hydrogen) atoms. The van der Waals surface area contributed by atoms with Gasteiger partial charge in [0.25, 0.3) is 5.91 Å². The summed E-state index contributed by atoms with van der Waals surface area (Å²) in [5.74, 6) is -0.494. The fraction of sp³-hybridized carbons (Fsp3) is 0.400. The monoisotopic (exact) mass is 307 g/mol. The number of hydrogen-bond donors (Lipinski definition) is 1. The Morgan fingerprint density at radius 1 is 1.29 bits per heavy atom. The molecule has 0 radical (unpaired) electrons. The molecule has 0 aliphatic heterocycles. The zero-order chi connectivity index (χ0) is 15.2. The maximum absolute atomic E-state index is 12.0. The molecule has 1 aromatic rings. The molecule has 2 rings (SSSR count). The lowest BCUT2D eigenvalue weighted by Gasteiger charge is -2.09. The summed E-state index contributed by atoms with van der Waals surface area (Å²) >= 11 is 1.29. The Hall–Kier alpha value is -1.82. The number of hydrogen-bond acceptors (Lipinski definition) is 5. The molecule has 1 saturated carbocycles. The lowest BCUT2D eigenvalue weighted by molar-refractivity contribution is -0.124. The fourth-order valence-corrected chi connectivity index (χ4v) is 2.49. The van der Waals surface area contributed by atoms with Crippen LogP contribution in [0.4, 0.5) is 0 Å². The van der Waals surface area contributed by atoms with Gasteiger partial charge in [0.2, 0.25) is 0 Å². The molecule has 0 aromatic heterocycles. The van der Waals surface area contributed by atoms with Crippen molar-refractivity contribution in [2.24, 2.45) is 0 Å². The second-order valence-corrected chi connectivity index (χ2v) is 5.92. The van der Waals surface area contributed by atoms with Gasteiger partial charge in [-0.25, -0.2) is 4.79 Å². The van der Waals surface area contributed by atoms with Crippen molar-refractivity contribution in [2.45, 2.75) is 30.7 Å². The zero-order valence-electron chi connectivity index (χ0n) is 11.8. The highest BCUT2D eigenvalue weighted by Crippen LogP contribution is 2.23. The van der Waals surface area contributed by atoms with Crippen LogP contribution in [0.15, 0.2) is 29.2 Å². The largest absolute Gasteiger partial charge is 0.452 e. The summed E-state index contributed by atoms with van der Waals surface area (Å²) in [4.78, 5) is 35.2. The number of esters is 1. The number of Topliss-reactive ketones (excluding diaryl/α,β-unsaturated/α-hetero) is 1. The second kappa shape index (κ2) is 7.26. The molecule has 112 valence electrons. The summed E-state index contributed by atoms with van der Waals surface area (Å²) in [7, 11) is 0. The van der Waals surface area contributed by atoms with Gasteiger partial charge in [-0.3, -0.25) is 9.59 Å². The number of rotatable bonds is 7. The van der Waals surface area contributed by atoms with Crippen LogP contribution in [0.25, 0.3) is 0 Å². The summed E-state index contributed by atoms with van der Waals surface area (Å²) in [6.07, 6.45) is 1.98. The van der Waals surface area contributed by atoms with Gasteiger partial charge in [0.15, 0.2) is 6.61 Å². The summed E-state index contributed by atoms with van der Waals surface area (Å²) in [5, 5.41) is 2.75. The van der Waals surface area contributed by atoms with E-state index in [9.17, 15) is 14.4 Å². The number of thioether (sulfide) groups is 1. The van der Waals surface area contributed by atoms with Crippen LogP contribution < -0.4 is 5.32 Å². The van der Waals surface area contributed by atoms with Gasteiger partial charge < -0.3 is 10.1 Å². The molecule has 1 N–H and O–H groups in total. The van der Waals surface area contributed by atoms with Crippen LogP contribution in [-0.2, 0) is 14.3 Å². The van der Waals surface area contributed by atoms with Gasteiger partial charge >= 0.3 is 5.97 Å². The Kier molecular flexibility index (Phi) is 5.38. The van der Waals surface area contributed by atoms with Gasteiger partial charge in [-0.05, 0) is 31.9 Å². The topological polar surface area (TPSA) is 72.5 Å². The minimum absolute atomic E-state index is 0.0342. The summed E-state index contributed by atoms with van der Waals surface area (Å²) in [6, 6.07) is 7.14. The SMILES string of the molecule is CC(=O)CSc1ccccc1C(=O)OCC(=O)NC1CC1. The van der Waals surface area contributed by atoms with Gasteiger partial charge in [0, 0.05) is 10.9 Å². The third-order valence-corrected chi connectivity index (χ3v) is 4.03. The van der Waals surface area contributed by atoms with E-state index < -0.39 is 5.97 Å². The van der Waals surface area contributed by atoms with E-state index in [4.69, 9.17) is 4.74 Å². The quantitative estimate of drug-likeness (QED) is 0.614. The highest BCUT2D eigenvalue weighted by Gasteiger charge is 2.24. The van der Waals surface area contributed by atoms with Gasteiger partial charge in [0.1, 0.15) is 5.78 Å². The lowest BCUT2D eigenvalue weighted by Crippen LogP contribution is -2.30. The predicted octanol–water partition coefficient (Wildman–Crippen LogP) is 1.80. The van der Waals surface area contributed by atoms with Crippen molar-refractivity contribution < 1.29 is 19.1 Å². The van der Waals surface area contributed by atoms with Crippen molar-refractivity contribution in [1.82, 2.24) is 5.32 Å². The van der Waals surface area contributed by atoms with E-state index in [0.29, 0.717) is 16.2 Å². The number of nitrogens with one attached hydrogen (secondary N) is 1. The Balaban J connectivity index is 1.91. The maximum atomic E-state index is 12.0. The first-order valence-electron chi connectivity index (χ1n) is 6.74. The van der Waals surface area contributed by atoms with Gasteiger partial charge in [0.05, 0.1) is 11.3 Å². The maximum Gasteiger partial charge on any atom is 0.339 e. The molecule has 1 aromatic carbocycles. The van der Waals surface area contributed by atoms with Crippen molar-refractivity contribution in [1.29, 1.82) is 0 Å². The molecule has 1 fully saturated rings. The Morgan fingerprint density at radius 2 is 2.00 bits per heavy atom. The average Bonchev–Trinajstić information content (AvgIpc) is 3.26. The number of ether oxygens (including phenoxy) is 1. The van der Waals surface area contributed by atoms with Crippen molar-refractivity contribution in [2.75, 3.05) is 12.4 Å². The van der Waals surface area contributed by atoms with Gasteiger partial charge in [-0.1, -0.05) is 12.1 Å². The van der Waals surface area contributed by atoms with E-state index in [1.807, 2.05) is 0 Å². The molecule has 5 nitrogen and oxygen atoms in total. The van der Waals surface area contributed by atoms with E-state index in [2.05, 4.69) is 5.32 Å². The summed E-state index contributed by atoms with van der Waals surface area (Å²) in [5.41, 5.74) is 0.378. The summed E-state index contributed by atoms with van der Waals surface area (Å²) in [6.45, 7) is 1.22. The first kappa shape index (κ1) is 15.6. The van der Waals surface area contributed by atoms with Crippen molar-refractivity contribution in [3.63, 3.8) is 0 Å². The van der Waals surface area contributed by atoms with Gasteiger partial charge in [-0.2, -0.15) is 0 Å². The molecule has 1 aliphatic rings. The molecule has 6 heteroatoms. The van der Waals surface area contributed by atoms with Crippen LogP contribution in [0.3, 0.4) is 0 Å². The molecule has 0 unspecified atom stereocenters. The molecule has 1 amide bonds. The molecule has 0 saturated heterocycles. The molecule has 0 atom stereocenters. The standard InChI is InChI=1S/C15H17NO4S/c1-10(17)9-21-13-5-3-2-4-12(13)15(19)20-8-14(18)16-11-6-7-11/h2-5,11H,6-9H2,1H3,(H,16,18). The number of carbonyl (C=O) groups is 3. The third kappa shape index (κ3) is 5.23. The number of benzene rings is 1. The van der Waals surface area contributed by atoms with E-state index in [-0.39, 0.29) is 24.3 Å². The molecular weight excluding hydrogens is 290 g/mol. The van der Waals surface area contributed by atoms with E-state index in [1.54, 1.807) is 24.3 Å². The number of carbonyl (C=O) groups excluding carboxylic acids is 3. The van der Waals surface area contributed by atoms with E-state index in [0.717, 1.165) is 12.8 Å². The van der Waals surface area contributed by atoms with Crippen molar-refractivity contribution in [3.05, 3.63) is 29.8 Å². The second-order valence-electron chi connectivity index (χ2n) is 4.90. The number of ketones is 1. The lowest BCUT2D eigenvalue weighted by atomic mass is 10.2. The van der Waals surface area contributed by atoms with Crippen LogP contribution in [-0.4, -0.2) is 36.1 Å². The molecule has 0 heterocycles. The number of amides is 1.